The third kappa shape index (κ3) is 4.58. The van der Waals surface area contributed by atoms with Crippen LogP contribution in [0.3, 0.4) is 0 Å². The van der Waals surface area contributed by atoms with Gasteiger partial charge >= 0.3 is 5.97 Å². The molecule has 0 bridgehead atoms. The molecule has 0 atom stereocenters. The van der Waals surface area contributed by atoms with Gasteiger partial charge in [0, 0.05) is 25.2 Å². The summed E-state index contributed by atoms with van der Waals surface area (Å²) < 4.78 is 5.02. The van der Waals surface area contributed by atoms with E-state index in [1.54, 1.807) is 4.90 Å². The van der Waals surface area contributed by atoms with Crippen molar-refractivity contribution in [1.29, 1.82) is 0 Å². The molecule has 138 valence electrons. The number of nitro groups is 1. The summed E-state index contributed by atoms with van der Waals surface area (Å²) in [6.45, 7) is 0.612. The molecule has 0 aromatic heterocycles. The number of nitro benzene ring substituents is 1. The molecule has 1 amide bonds. The van der Waals surface area contributed by atoms with Crippen molar-refractivity contribution in [3.05, 3.63) is 81.9 Å². The standard InChI is InChI=1S/C20H18N2O5/c23-19(14-27-20(24)17-7-4-8-18(13-17)22(25)26)21-11-9-16(10-12-21)15-5-2-1-3-6-15/h1-9,13H,10-12,14H2. The van der Waals surface area contributed by atoms with Crippen molar-refractivity contribution in [3.63, 3.8) is 0 Å². The molecule has 1 aliphatic heterocycles. The van der Waals surface area contributed by atoms with Gasteiger partial charge in [-0.1, -0.05) is 42.5 Å². The van der Waals surface area contributed by atoms with E-state index in [2.05, 4.69) is 0 Å². The molecule has 1 aliphatic rings. The number of amides is 1. The minimum Gasteiger partial charge on any atom is -0.452 e. The van der Waals surface area contributed by atoms with E-state index in [1.165, 1.54) is 23.8 Å². The van der Waals surface area contributed by atoms with E-state index in [0.717, 1.165) is 18.1 Å². The summed E-state index contributed by atoms with van der Waals surface area (Å²) >= 11 is 0. The zero-order chi connectivity index (χ0) is 19.2. The highest BCUT2D eigenvalue weighted by Crippen LogP contribution is 2.22. The Morgan fingerprint density at radius 2 is 1.89 bits per heavy atom. The maximum absolute atomic E-state index is 12.3. The van der Waals surface area contributed by atoms with E-state index in [9.17, 15) is 19.7 Å². The van der Waals surface area contributed by atoms with Crippen LogP contribution in [-0.2, 0) is 9.53 Å². The first-order chi connectivity index (χ1) is 13.0. The Kier molecular flexibility index (Phi) is 5.61. The molecule has 7 heteroatoms. The number of non-ortho nitro benzene ring substituents is 1. The predicted molar refractivity (Wildman–Crippen MR) is 99.0 cm³/mol. The van der Waals surface area contributed by atoms with Crippen LogP contribution < -0.4 is 0 Å². The molecule has 7 nitrogen and oxygen atoms in total. The van der Waals surface area contributed by atoms with Crippen LogP contribution in [-0.4, -0.2) is 41.4 Å². The van der Waals surface area contributed by atoms with Gasteiger partial charge in [0.05, 0.1) is 10.5 Å². The van der Waals surface area contributed by atoms with Crippen molar-refractivity contribution >= 4 is 23.1 Å². The number of rotatable bonds is 5. The SMILES string of the molecule is O=C(OCC(=O)N1CC=C(c2ccccc2)CC1)c1cccc([N+](=O)[O-])c1. The quantitative estimate of drug-likeness (QED) is 0.461. The highest BCUT2D eigenvalue weighted by Gasteiger charge is 2.20. The van der Waals surface area contributed by atoms with Gasteiger partial charge in [0.15, 0.2) is 6.61 Å². The van der Waals surface area contributed by atoms with E-state index >= 15 is 0 Å². The zero-order valence-corrected chi connectivity index (χ0v) is 14.5. The van der Waals surface area contributed by atoms with Gasteiger partial charge in [-0.2, -0.15) is 0 Å². The monoisotopic (exact) mass is 366 g/mol. The number of carbonyl (C=O) groups excluding carboxylic acids is 2. The van der Waals surface area contributed by atoms with Crippen LogP contribution in [0.1, 0.15) is 22.3 Å². The molecule has 0 radical (unpaired) electrons. The molecule has 3 rings (SSSR count). The van der Waals surface area contributed by atoms with Crippen molar-refractivity contribution < 1.29 is 19.2 Å². The number of ether oxygens (including phenoxy) is 1. The normalized spacial score (nSPS) is 13.6. The van der Waals surface area contributed by atoms with Gasteiger partial charge in [-0.25, -0.2) is 4.79 Å². The van der Waals surface area contributed by atoms with Crippen LogP contribution >= 0.6 is 0 Å². The third-order valence-corrected chi connectivity index (χ3v) is 4.33. The third-order valence-electron chi connectivity index (χ3n) is 4.33. The molecule has 2 aromatic rings. The Bertz CT molecular complexity index is 892. The summed E-state index contributed by atoms with van der Waals surface area (Å²) in [4.78, 5) is 36.1. The van der Waals surface area contributed by atoms with E-state index in [4.69, 9.17) is 4.74 Å². The van der Waals surface area contributed by atoms with Crippen LogP contribution in [0.25, 0.3) is 5.57 Å². The van der Waals surface area contributed by atoms with Gasteiger partial charge in [0.2, 0.25) is 0 Å². The summed E-state index contributed by atoms with van der Waals surface area (Å²) in [5, 5.41) is 10.8. The Morgan fingerprint density at radius 3 is 2.56 bits per heavy atom. The second kappa shape index (κ2) is 8.27. The van der Waals surface area contributed by atoms with Gasteiger partial charge in [0.1, 0.15) is 0 Å². The molecule has 0 N–H and O–H groups in total. The van der Waals surface area contributed by atoms with E-state index in [-0.39, 0.29) is 17.2 Å². The lowest BCUT2D eigenvalue weighted by Gasteiger charge is -2.26. The summed E-state index contributed by atoms with van der Waals surface area (Å²) in [5.74, 6) is -1.05. The van der Waals surface area contributed by atoms with E-state index < -0.39 is 17.5 Å². The lowest BCUT2D eigenvalue weighted by molar-refractivity contribution is -0.384. The minimum absolute atomic E-state index is 0.0434. The molecule has 2 aromatic carbocycles. The summed E-state index contributed by atoms with van der Waals surface area (Å²) in [5.41, 5.74) is 2.17. The fraction of sp³-hybridized carbons (Fsp3) is 0.200. The van der Waals surface area contributed by atoms with Crippen molar-refractivity contribution in [2.45, 2.75) is 6.42 Å². The van der Waals surface area contributed by atoms with E-state index in [0.29, 0.717) is 13.1 Å². The largest absolute Gasteiger partial charge is 0.452 e. The molecule has 0 aliphatic carbocycles. The molecular weight excluding hydrogens is 348 g/mol. The first-order valence-corrected chi connectivity index (χ1v) is 8.48. The smallest absolute Gasteiger partial charge is 0.338 e. The molecule has 27 heavy (non-hydrogen) atoms. The number of benzene rings is 2. The average molecular weight is 366 g/mol. The Morgan fingerprint density at radius 1 is 1.11 bits per heavy atom. The van der Waals surface area contributed by atoms with Crippen LogP contribution in [0, 0.1) is 10.1 Å². The number of nitrogens with zero attached hydrogens (tertiary/aromatic N) is 2. The van der Waals surface area contributed by atoms with Crippen molar-refractivity contribution in [2.24, 2.45) is 0 Å². The molecule has 1 heterocycles. The fourth-order valence-corrected chi connectivity index (χ4v) is 2.86. The molecule has 0 spiro atoms. The maximum atomic E-state index is 12.3. The Balaban J connectivity index is 1.54. The summed E-state index contributed by atoms with van der Waals surface area (Å²) in [7, 11) is 0. The van der Waals surface area contributed by atoms with Gasteiger partial charge in [0.25, 0.3) is 11.6 Å². The second-order valence-corrected chi connectivity index (χ2v) is 6.07. The van der Waals surface area contributed by atoms with Gasteiger partial charge in [-0.05, 0) is 23.6 Å². The van der Waals surface area contributed by atoms with E-state index in [1.807, 2.05) is 36.4 Å². The first kappa shape index (κ1) is 18.3. The molecule has 0 saturated heterocycles. The topological polar surface area (TPSA) is 89.8 Å². The number of esters is 1. The highest BCUT2D eigenvalue weighted by atomic mass is 16.6. The zero-order valence-electron chi connectivity index (χ0n) is 14.5. The van der Waals surface area contributed by atoms with Gasteiger partial charge in [-0.3, -0.25) is 14.9 Å². The first-order valence-electron chi connectivity index (χ1n) is 8.48. The second-order valence-electron chi connectivity index (χ2n) is 6.07. The highest BCUT2D eigenvalue weighted by molar-refractivity contribution is 5.92. The van der Waals surface area contributed by atoms with Gasteiger partial charge < -0.3 is 9.64 Å². The van der Waals surface area contributed by atoms with Gasteiger partial charge in [-0.15, -0.1) is 0 Å². The molecule has 0 fully saturated rings. The summed E-state index contributed by atoms with van der Waals surface area (Å²) in [6, 6.07) is 15.2. The number of hydrogen-bond donors (Lipinski definition) is 0. The molecule has 0 saturated carbocycles. The minimum atomic E-state index is -0.760. The lowest BCUT2D eigenvalue weighted by Crippen LogP contribution is -2.37. The van der Waals surface area contributed by atoms with Crippen molar-refractivity contribution in [1.82, 2.24) is 4.90 Å². The van der Waals surface area contributed by atoms with Crippen LogP contribution in [0.2, 0.25) is 0 Å². The summed E-state index contributed by atoms with van der Waals surface area (Å²) in [6.07, 6.45) is 2.73. The van der Waals surface area contributed by atoms with Crippen LogP contribution in [0.15, 0.2) is 60.7 Å². The fourth-order valence-electron chi connectivity index (χ4n) is 2.86. The van der Waals surface area contributed by atoms with Crippen molar-refractivity contribution in [2.75, 3.05) is 19.7 Å². The molecule has 0 unspecified atom stereocenters. The Labute approximate surface area is 156 Å². The number of carbonyl (C=O) groups is 2. The van der Waals surface area contributed by atoms with Crippen molar-refractivity contribution in [3.8, 4) is 0 Å². The maximum Gasteiger partial charge on any atom is 0.338 e. The van der Waals surface area contributed by atoms with Crippen LogP contribution in [0.4, 0.5) is 5.69 Å². The number of hydrogen-bond acceptors (Lipinski definition) is 5. The molecular formula is C20H18N2O5. The lowest BCUT2D eigenvalue weighted by atomic mass is 10.00. The Hall–Kier alpha value is -3.48. The average Bonchev–Trinajstić information content (AvgIpc) is 2.72. The predicted octanol–water partition coefficient (Wildman–Crippen LogP) is 3.07. The van der Waals surface area contributed by atoms with Crippen LogP contribution in [0.5, 0.6) is 0 Å².